The van der Waals surface area contributed by atoms with Crippen molar-refractivity contribution in [2.24, 2.45) is 5.73 Å². The van der Waals surface area contributed by atoms with Crippen molar-refractivity contribution in [2.75, 3.05) is 38.5 Å². The Hall–Kier alpha value is -2.64. The third kappa shape index (κ3) is 4.50. The van der Waals surface area contributed by atoms with E-state index in [1.807, 2.05) is 17.0 Å². The molecule has 7 nitrogen and oxygen atoms in total. The molecule has 26 heavy (non-hydrogen) atoms. The van der Waals surface area contributed by atoms with Gasteiger partial charge < -0.3 is 25.3 Å². The van der Waals surface area contributed by atoms with Gasteiger partial charge in [-0.15, -0.1) is 0 Å². The molecule has 2 heterocycles. The van der Waals surface area contributed by atoms with E-state index in [0.717, 1.165) is 31.7 Å². The summed E-state index contributed by atoms with van der Waals surface area (Å²) in [5.41, 5.74) is 7.50. The first-order valence-electron chi connectivity index (χ1n) is 8.69. The molecule has 0 radical (unpaired) electrons. The zero-order valence-electron chi connectivity index (χ0n) is 14.9. The Morgan fingerprint density at radius 3 is 2.46 bits per heavy atom. The number of hydrogen-bond donors (Lipinski definition) is 2. The van der Waals surface area contributed by atoms with Crippen molar-refractivity contribution in [1.29, 1.82) is 0 Å². The zero-order valence-corrected chi connectivity index (χ0v) is 14.9. The van der Waals surface area contributed by atoms with Crippen LogP contribution in [0.1, 0.15) is 21.7 Å². The van der Waals surface area contributed by atoms with Crippen molar-refractivity contribution in [1.82, 2.24) is 9.80 Å². The highest BCUT2D eigenvalue weighted by Crippen LogP contribution is 2.14. The van der Waals surface area contributed by atoms with Gasteiger partial charge in [-0.2, -0.15) is 0 Å². The number of likely N-dealkylation sites (N-methyl/N-ethyl adjacent to an activating group) is 1. The quantitative estimate of drug-likeness (QED) is 0.843. The molecule has 0 saturated carbocycles. The molecule has 1 aliphatic heterocycles. The van der Waals surface area contributed by atoms with Crippen LogP contribution in [0.2, 0.25) is 0 Å². The number of carbonyl (C=O) groups is 2. The highest BCUT2D eigenvalue weighted by Gasteiger charge is 2.19. The molecule has 7 heteroatoms. The first-order chi connectivity index (χ1) is 12.5. The molecule has 0 spiro atoms. The molecule has 3 N–H and O–H groups in total. The van der Waals surface area contributed by atoms with Gasteiger partial charge in [0, 0.05) is 31.9 Å². The van der Waals surface area contributed by atoms with Crippen molar-refractivity contribution in [3.05, 3.63) is 53.5 Å². The van der Waals surface area contributed by atoms with E-state index < -0.39 is 0 Å². The van der Waals surface area contributed by atoms with Gasteiger partial charge in [-0.05, 0) is 30.8 Å². The van der Waals surface area contributed by atoms with E-state index in [-0.39, 0.29) is 18.4 Å². The van der Waals surface area contributed by atoms with Gasteiger partial charge in [0.15, 0.2) is 0 Å². The molecule has 0 unspecified atom stereocenters. The Morgan fingerprint density at radius 1 is 1.15 bits per heavy atom. The van der Waals surface area contributed by atoms with Crippen molar-refractivity contribution >= 4 is 17.5 Å². The number of anilines is 1. The number of benzene rings is 1. The molecule has 1 saturated heterocycles. The maximum Gasteiger partial charge on any atom is 0.258 e. The van der Waals surface area contributed by atoms with E-state index in [9.17, 15) is 9.59 Å². The lowest BCUT2D eigenvalue weighted by molar-refractivity contribution is -0.132. The van der Waals surface area contributed by atoms with Gasteiger partial charge in [-0.3, -0.25) is 9.59 Å². The standard InChI is InChI=1S/C19H24N4O3/c1-22-6-8-23(9-7-22)18(24)10-14-2-4-16(5-3-14)21-19(25)15-11-17(12-20)26-13-15/h2-5,11,13H,6-10,12,20H2,1H3,(H,21,25). The molecule has 138 valence electrons. The van der Waals surface area contributed by atoms with Crippen LogP contribution in [0.5, 0.6) is 0 Å². The minimum Gasteiger partial charge on any atom is -0.467 e. The third-order valence-electron chi connectivity index (χ3n) is 4.54. The Morgan fingerprint density at radius 2 is 1.85 bits per heavy atom. The second-order valence-corrected chi connectivity index (χ2v) is 6.52. The fraction of sp³-hybridized carbons (Fsp3) is 0.368. The van der Waals surface area contributed by atoms with Gasteiger partial charge in [-0.25, -0.2) is 0 Å². The van der Waals surface area contributed by atoms with Gasteiger partial charge in [-0.1, -0.05) is 12.1 Å². The Kier molecular flexibility index (Phi) is 5.70. The summed E-state index contributed by atoms with van der Waals surface area (Å²) in [6.45, 7) is 3.63. The maximum absolute atomic E-state index is 12.4. The number of nitrogens with one attached hydrogen (secondary N) is 1. The Labute approximate surface area is 152 Å². The molecule has 1 fully saturated rings. The second-order valence-electron chi connectivity index (χ2n) is 6.52. The van der Waals surface area contributed by atoms with E-state index >= 15 is 0 Å². The first kappa shape index (κ1) is 18.2. The summed E-state index contributed by atoms with van der Waals surface area (Å²) in [4.78, 5) is 28.7. The molecule has 0 aliphatic carbocycles. The predicted molar refractivity (Wildman–Crippen MR) is 98.8 cm³/mol. The van der Waals surface area contributed by atoms with Gasteiger partial charge in [0.05, 0.1) is 18.5 Å². The van der Waals surface area contributed by atoms with Crippen LogP contribution < -0.4 is 11.1 Å². The molecule has 1 aromatic carbocycles. The topological polar surface area (TPSA) is 91.8 Å². The van der Waals surface area contributed by atoms with Crippen molar-refractivity contribution in [3.8, 4) is 0 Å². The summed E-state index contributed by atoms with van der Waals surface area (Å²) in [5.74, 6) is 0.449. The number of furan rings is 1. The van der Waals surface area contributed by atoms with E-state index in [2.05, 4.69) is 17.3 Å². The average Bonchev–Trinajstić information content (AvgIpc) is 3.13. The minimum absolute atomic E-state index is 0.141. The fourth-order valence-corrected chi connectivity index (χ4v) is 2.86. The Bertz CT molecular complexity index is 761. The number of amides is 2. The van der Waals surface area contributed by atoms with Crippen LogP contribution in [0.4, 0.5) is 5.69 Å². The number of nitrogens with two attached hydrogens (primary N) is 1. The largest absolute Gasteiger partial charge is 0.467 e. The number of carbonyl (C=O) groups excluding carboxylic acids is 2. The summed E-state index contributed by atoms with van der Waals surface area (Å²) in [6, 6.07) is 8.95. The number of hydrogen-bond acceptors (Lipinski definition) is 5. The number of piperazine rings is 1. The second kappa shape index (κ2) is 8.16. The number of rotatable bonds is 5. The van der Waals surface area contributed by atoms with Crippen LogP contribution in [-0.4, -0.2) is 54.8 Å². The molecule has 0 atom stereocenters. The fourth-order valence-electron chi connectivity index (χ4n) is 2.86. The van der Waals surface area contributed by atoms with Crippen LogP contribution >= 0.6 is 0 Å². The van der Waals surface area contributed by atoms with E-state index in [0.29, 0.717) is 23.4 Å². The molecular weight excluding hydrogens is 332 g/mol. The predicted octanol–water partition coefficient (Wildman–Crippen LogP) is 1.31. The van der Waals surface area contributed by atoms with Crippen LogP contribution in [0.3, 0.4) is 0 Å². The van der Waals surface area contributed by atoms with Crippen molar-refractivity contribution in [3.63, 3.8) is 0 Å². The van der Waals surface area contributed by atoms with Crippen molar-refractivity contribution in [2.45, 2.75) is 13.0 Å². The van der Waals surface area contributed by atoms with Gasteiger partial charge in [0.2, 0.25) is 5.91 Å². The normalized spacial score (nSPS) is 15.1. The monoisotopic (exact) mass is 356 g/mol. The lowest BCUT2D eigenvalue weighted by Crippen LogP contribution is -2.47. The van der Waals surface area contributed by atoms with Crippen LogP contribution in [0, 0.1) is 0 Å². The molecule has 1 aromatic heterocycles. The highest BCUT2D eigenvalue weighted by molar-refractivity contribution is 6.04. The van der Waals surface area contributed by atoms with Gasteiger partial charge in [0.1, 0.15) is 12.0 Å². The summed E-state index contributed by atoms with van der Waals surface area (Å²) < 4.78 is 5.17. The molecule has 2 aromatic rings. The van der Waals surface area contributed by atoms with Crippen LogP contribution in [0.25, 0.3) is 0 Å². The van der Waals surface area contributed by atoms with Gasteiger partial charge in [0.25, 0.3) is 5.91 Å². The molecule has 0 bridgehead atoms. The van der Waals surface area contributed by atoms with Crippen molar-refractivity contribution < 1.29 is 14.0 Å². The average molecular weight is 356 g/mol. The highest BCUT2D eigenvalue weighted by atomic mass is 16.3. The molecule has 2 amide bonds. The molecule has 3 rings (SSSR count). The summed E-state index contributed by atoms with van der Waals surface area (Å²) in [7, 11) is 2.06. The molecular formula is C19H24N4O3. The first-order valence-corrected chi connectivity index (χ1v) is 8.69. The smallest absolute Gasteiger partial charge is 0.258 e. The zero-order chi connectivity index (χ0) is 18.5. The van der Waals surface area contributed by atoms with Crippen LogP contribution in [-0.2, 0) is 17.8 Å². The minimum atomic E-state index is -0.255. The summed E-state index contributed by atoms with van der Waals surface area (Å²) >= 11 is 0. The summed E-state index contributed by atoms with van der Waals surface area (Å²) in [6.07, 6.45) is 1.76. The van der Waals surface area contributed by atoms with E-state index in [4.69, 9.17) is 10.2 Å². The van der Waals surface area contributed by atoms with Gasteiger partial charge >= 0.3 is 0 Å². The SMILES string of the molecule is CN1CCN(C(=O)Cc2ccc(NC(=O)c3coc(CN)c3)cc2)CC1. The maximum atomic E-state index is 12.4. The summed E-state index contributed by atoms with van der Waals surface area (Å²) in [5, 5.41) is 2.80. The lowest BCUT2D eigenvalue weighted by Gasteiger charge is -2.32. The van der Waals surface area contributed by atoms with E-state index in [1.54, 1.807) is 18.2 Å². The van der Waals surface area contributed by atoms with E-state index in [1.165, 1.54) is 6.26 Å². The Balaban J connectivity index is 1.54. The molecule has 1 aliphatic rings. The lowest BCUT2D eigenvalue weighted by atomic mass is 10.1. The van der Waals surface area contributed by atoms with Crippen LogP contribution in [0.15, 0.2) is 41.0 Å². The third-order valence-corrected chi connectivity index (χ3v) is 4.54. The number of nitrogens with zero attached hydrogens (tertiary/aromatic N) is 2.